The number of aromatic amines is 1. The molecule has 154 valence electrons. The van der Waals surface area contributed by atoms with Crippen LogP contribution in [0.2, 0.25) is 0 Å². The molecule has 1 aliphatic carbocycles. The van der Waals surface area contributed by atoms with Gasteiger partial charge in [0.1, 0.15) is 17.5 Å². The molecule has 1 unspecified atom stereocenters. The van der Waals surface area contributed by atoms with E-state index in [0.29, 0.717) is 23.2 Å². The van der Waals surface area contributed by atoms with E-state index in [-0.39, 0.29) is 18.5 Å². The highest BCUT2D eigenvalue weighted by Gasteiger charge is 2.27. The minimum atomic E-state index is -0.594. The summed E-state index contributed by atoms with van der Waals surface area (Å²) < 4.78 is 40.8. The molecule has 4 nitrogen and oxygen atoms in total. The predicted molar refractivity (Wildman–Crippen MR) is 106 cm³/mol. The molecule has 1 amide bonds. The van der Waals surface area contributed by atoms with E-state index in [4.69, 9.17) is 5.11 Å². The van der Waals surface area contributed by atoms with Crippen molar-refractivity contribution in [2.24, 2.45) is 0 Å². The molecule has 3 N–H and O–H groups in total. The normalized spacial score (nSPS) is 14.7. The third-order valence-electron chi connectivity index (χ3n) is 5.14. The maximum Gasteiger partial charge on any atom is 0.207 e. The number of carbonyl (C=O) groups is 1. The molecule has 1 aromatic heterocycles. The van der Waals surface area contributed by atoms with Gasteiger partial charge in [0.2, 0.25) is 6.41 Å². The van der Waals surface area contributed by atoms with Crippen LogP contribution in [-0.4, -0.2) is 29.1 Å². The van der Waals surface area contributed by atoms with E-state index in [1.54, 1.807) is 19.1 Å². The molecule has 1 atom stereocenters. The minimum Gasteiger partial charge on any atom is -0.394 e. The molecule has 1 aliphatic rings. The topological polar surface area (TPSA) is 65.1 Å². The highest BCUT2D eigenvalue weighted by Crippen LogP contribution is 2.45. The summed E-state index contributed by atoms with van der Waals surface area (Å²) in [7, 11) is 0. The lowest BCUT2D eigenvalue weighted by Gasteiger charge is -2.26. The SMILES string of the molecule is CC(CO)NC=O.Fc1ccc(-c2[nH]c3c(F)cc(F)cc3c2C2CCC2)cc1. The fourth-order valence-corrected chi connectivity index (χ4v) is 3.37. The van der Waals surface area contributed by atoms with E-state index in [1.807, 2.05) is 0 Å². The molecule has 0 aliphatic heterocycles. The van der Waals surface area contributed by atoms with Crippen LogP contribution in [-0.2, 0) is 4.79 Å². The molecular weight excluding hydrogens is 381 g/mol. The van der Waals surface area contributed by atoms with Crippen LogP contribution in [0.15, 0.2) is 36.4 Å². The smallest absolute Gasteiger partial charge is 0.207 e. The number of fused-ring (bicyclic) bond motifs is 1. The van der Waals surface area contributed by atoms with Gasteiger partial charge in [0.05, 0.1) is 17.8 Å². The lowest BCUT2D eigenvalue weighted by atomic mass is 9.78. The van der Waals surface area contributed by atoms with E-state index in [0.717, 1.165) is 42.1 Å². The molecule has 29 heavy (non-hydrogen) atoms. The monoisotopic (exact) mass is 404 g/mol. The number of hydrogen-bond donors (Lipinski definition) is 3. The summed E-state index contributed by atoms with van der Waals surface area (Å²) in [5.41, 5.74) is 2.83. The zero-order valence-electron chi connectivity index (χ0n) is 16.0. The maximum absolute atomic E-state index is 14.1. The number of hydrogen-bond acceptors (Lipinski definition) is 2. The predicted octanol–water partition coefficient (Wildman–Crippen LogP) is 4.63. The standard InChI is InChI=1S/C18H14F3N.C4H9NO2/c19-12-6-4-11(5-7-12)17-16(10-2-1-3-10)14-8-13(20)9-15(21)18(14)22-17;1-4(2-6)5-3-7/h4-10,22H,1-3H2;3-4,6H,2H2,1H3,(H,5,7). The number of H-pyrrole nitrogens is 1. The highest BCUT2D eigenvalue weighted by atomic mass is 19.1. The number of carbonyl (C=O) groups excluding carboxylic acids is 1. The second-order valence-electron chi connectivity index (χ2n) is 7.23. The Morgan fingerprint density at radius 1 is 1.17 bits per heavy atom. The van der Waals surface area contributed by atoms with Crippen LogP contribution in [0.25, 0.3) is 22.2 Å². The number of halogens is 3. The fraction of sp³-hybridized carbons (Fsp3) is 0.318. The Morgan fingerprint density at radius 2 is 1.86 bits per heavy atom. The van der Waals surface area contributed by atoms with Gasteiger partial charge < -0.3 is 15.4 Å². The van der Waals surface area contributed by atoms with E-state index in [9.17, 15) is 18.0 Å². The molecule has 2 aromatic carbocycles. The number of aromatic nitrogens is 1. The van der Waals surface area contributed by atoms with E-state index in [2.05, 4.69) is 10.3 Å². The molecule has 4 rings (SSSR count). The average Bonchev–Trinajstić information content (AvgIpc) is 3.01. The fourth-order valence-electron chi connectivity index (χ4n) is 3.37. The Kier molecular flexibility index (Phi) is 6.59. The van der Waals surface area contributed by atoms with Crippen molar-refractivity contribution >= 4 is 17.3 Å². The second-order valence-corrected chi connectivity index (χ2v) is 7.23. The average molecular weight is 404 g/mol. The molecule has 0 bridgehead atoms. The van der Waals surface area contributed by atoms with E-state index in [1.165, 1.54) is 18.2 Å². The Bertz CT molecular complexity index is 982. The van der Waals surface area contributed by atoms with Crippen molar-refractivity contribution in [3.05, 3.63) is 59.4 Å². The number of aliphatic hydroxyl groups is 1. The first kappa shape index (κ1) is 20.9. The van der Waals surface area contributed by atoms with Crippen LogP contribution in [0.5, 0.6) is 0 Å². The quantitative estimate of drug-likeness (QED) is 0.543. The van der Waals surface area contributed by atoms with Gasteiger partial charge in [0.15, 0.2) is 0 Å². The van der Waals surface area contributed by atoms with Crippen LogP contribution < -0.4 is 5.32 Å². The Labute approximate surface area is 166 Å². The molecule has 0 spiro atoms. The highest BCUT2D eigenvalue weighted by molar-refractivity contribution is 5.92. The first-order valence-electron chi connectivity index (χ1n) is 9.51. The summed E-state index contributed by atoms with van der Waals surface area (Å²) in [6.45, 7) is 1.72. The summed E-state index contributed by atoms with van der Waals surface area (Å²) in [5.74, 6) is -1.18. The molecule has 1 heterocycles. The zero-order valence-corrected chi connectivity index (χ0v) is 16.0. The summed E-state index contributed by atoms with van der Waals surface area (Å²) in [6.07, 6.45) is 3.72. The second kappa shape index (κ2) is 9.13. The van der Waals surface area contributed by atoms with Gasteiger partial charge in [-0.1, -0.05) is 6.42 Å². The molecule has 7 heteroatoms. The van der Waals surface area contributed by atoms with Crippen molar-refractivity contribution in [2.45, 2.75) is 38.1 Å². The van der Waals surface area contributed by atoms with Crippen LogP contribution >= 0.6 is 0 Å². The van der Waals surface area contributed by atoms with Crippen LogP contribution in [0.4, 0.5) is 13.2 Å². The summed E-state index contributed by atoms with van der Waals surface area (Å²) in [6, 6.07) is 8.24. The summed E-state index contributed by atoms with van der Waals surface area (Å²) in [4.78, 5) is 12.6. The van der Waals surface area contributed by atoms with Gasteiger partial charge >= 0.3 is 0 Å². The van der Waals surface area contributed by atoms with Crippen molar-refractivity contribution < 1.29 is 23.1 Å². The van der Waals surface area contributed by atoms with Gasteiger partial charge in [0.25, 0.3) is 0 Å². The Hall–Kier alpha value is -2.80. The van der Waals surface area contributed by atoms with Crippen molar-refractivity contribution in [2.75, 3.05) is 6.61 Å². The van der Waals surface area contributed by atoms with Crippen LogP contribution in [0.1, 0.15) is 37.7 Å². The van der Waals surface area contributed by atoms with Gasteiger partial charge in [-0.2, -0.15) is 0 Å². The Morgan fingerprint density at radius 3 is 2.38 bits per heavy atom. The largest absolute Gasteiger partial charge is 0.394 e. The van der Waals surface area contributed by atoms with Gasteiger partial charge in [-0.05, 0) is 67.1 Å². The van der Waals surface area contributed by atoms with Gasteiger partial charge in [0, 0.05) is 17.5 Å². The lowest BCUT2D eigenvalue weighted by molar-refractivity contribution is -0.110. The molecule has 0 radical (unpaired) electrons. The molecule has 1 saturated carbocycles. The lowest BCUT2D eigenvalue weighted by Crippen LogP contribution is -2.27. The van der Waals surface area contributed by atoms with Crippen LogP contribution in [0, 0.1) is 17.5 Å². The Balaban J connectivity index is 0.000000298. The molecule has 3 aromatic rings. The third-order valence-corrected chi connectivity index (χ3v) is 5.14. The van der Waals surface area contributed by atoms with Gasteiger partial charge in [-0.25, -0.2) is 13.2 Å². The van der Waals surface area contributed by atoms with Gasteiger partial charge in [-0.15, -0.1) is 0 Å². The minimum absolute atomic E-state index is 0.00125. The third kappa shape index (κ3) is 4.62. The van der Waals surface area contributed by atoms with Crippen molar-refractivity contribution in [1.82, 2.24) is 10.3 Å². The number of nitrogens with one attached hydrogen (secondary N) is 2. The summed E-state index contributed by atoms with van der Waals surface area (Å²) >= 11 is 0. The zero-order chi connectivity index (χ0) is 21.0. The first-order valence-corrected chi connectivity index (χ1v) is 9.51. The summed E-state index contributed by atoms with van der Waals surface area (Å²) in [5, 5.41) is 11.2. The van der Waals surface area contributed by atoms with Crippen LogP contribution in [0.3, 0.4) is 0 Å². The molecule has 1 fully saturated rings. The number of rotatable bonds is 5. The maximum atomic E-state index is 14.1. The van der Waals surface area contributed by atoms with Crippen molar-refractivity contribution in [3.8, 4) is 11.3 Å². The van der Waals surface area contributed by atoms with E-state index < -0.39 is 11.6 Å². The number of amides is 1. The number of benzene rings is 2. The molecule has 0 saturated heterocycles. The number of aliphatic hydroxyl groups excluding tert-OH is 1. The van der Waals surface area contributed by atoms with Crippen molar-refractivity contribution in [1.29, 1.82) is 0 Å². The van der Waals surface area contributed by atoms with Crippen molar-refractivity contribution in [3.63, 3.8) is 0 Å². The molecular formula is C22H23F3N2O2. The first-order chi connectivity index (χ1) is 13.9. The van der Waals surface area contributed by atoms with Gasteiger partial charge in [-0.3, -0.25) is 4.79 Å². The van der Waals surface area contributed by atoms with E-state index >= 15 is 0 Å².